The van der Waals surface area contributed by atoms with Gasteiger partial charge in [0.2, 0.25) is 5.91 Å². The molecule has 2 fully saturated rings. The van der Waals surface area contributed by atoms with Crippen molar-refractivity contribution in [2.45, 2.75) is 25.3 Å². The van der Waals surface area contributed by atoms with Crippen LogP contribution >= 0.6 is 0 Å². The molecule has 5 heteroatoms. The average Bonchev–Trinajstić information content (AvgIpc) is 2.75. The second-order valence-corrected chi connectivity index (χ2v) is 4.81. The van der Waals surface area contributed by atoms with Crippen molar-refractivity contribution in [2.75, 3.05) is 26.7 Å². The maximum Gasteiger partial charge on any atom is 0.303 e. The number of hydrogen-bond donors (Lipinski definition) is 1. The fraction of sp³-hybridized carbons (Fsp3) is 0.818. The van der Waals surface area contributed by atoms with Crippen LogP contribution in [0.15, 0.2) is 0 Å². The van der Waals surface area contributed by atoms with Crippen molar-refractivity contribution in [3.05, 3.63) is 0 Å². The summed E-state index contributed by atoms with van der Waals surface area (Å²) in [7, 11) is 1.83. The molecule has 0 aliphatic carbocycles. The average molecular weight is 226 g/mol. The molecule has 0 spiro atoms. The van der Waals surface area contributed by atoms with Crippen LogP contribution in [-0.2, 0) is 9.59 Å². The first-order valence-electron chi connectivity index (χ1n) is 5.78. The molecule has 0 bridgehead atoms. The predicted molar refractivity (Wildman–Crippen MR) is 58.0 cm³/mol. The number of amides is 1. The third-order valence-corrected chi connectivity index (χ3v) is 3.62. The molecule has 2 saturated heterocycles. The third kappa shape index (κ3) is 2.19. The van der Waals surface area contributed by atoms with E-state index in [-0.39, 0.29) is 24.3 Å². The van der Waals surface area contributed by atoms with Crippen molar-refractivity contribution < 1.29 is 14.7 Å². The molecule has 2 aliphatic heterocycles. The van der Waals surface area contributed by atoms with Crippen LogP contribution in [0.3, 0.4) is 0 Å². The number of carboxylic acid groups (broad SMARTS) is 1. The van der Waals surface area contributed by atoms with Gasteiger partial charge >= 0.3 is 5.97 Å². The van der Waals surface area contributed by atoms with Crippen LogP contribution in [0.2, 0.25) is 0 Å². The minimum absolute atomic E-state index is 0.00351. The van der Waals surface area contributed by atoms with Gasteiger partial charge in [0.1, 0.15) is 0 Å². The highest BCUT2D eigenvalue weighted by atomic mass is 16.4. The van der Waals surface area contributed by atoms with Crippen molar-refractivity contribution in [3.63, 3.8) is 0 Å². The Morgan fingerprint density at radius 2 is 2.19 bits per heavy atom. The molecule has 0 radical (unpaired) electrons. The lowest BCUT2D eigenvalue weighted by Crippen LogP contribution is -2.39. The number of carboxylic acids is 1. The Kier molecular flexibility index (Phi) is 3.14. The minimum atomic E-state index is -0.735. The van der Waals surface area contributed by atoms with Crippen molar-refractivity contribution >= 4 is 11.9 Å². The van der Waals surface area contributed by atoms with Gasteiger partial charge in [0, 0.05) is 26.6 Å². The zero-order chi connectivity index (χ0) is 11.7. The van der Waals surface area contributed by atoms with E-state index in [0.29, 0.717) is 0 Å². The number of carbonyl (C=O) groups excluding carboxylic acids is 1. The molecule has 2 unspecified atom stereocenters. The standard InChI is InChI=1S/C11H18N2O3/c1-12-4-3-9(11(12)16)13-5-2-8(7-13)6-10(14)15/h8-9H,2-7H2,1H3,(H,14,15). The van der Waals surface area contributed by atoms with E-state index in [2.05, 4.69) is 4.90 Å². The van der Waals surface area contributed by atoms with E-state index >= 15 is 0 Å². The smallest absolute Gasteiger partial charge is 0.303 e. The van der Waals surface area contributed by atoms with Gasteiger partial charge < -0.3 is 10.0 Å². The quantitative estimate of drug-likeness (QED) is 0.736. The molecule has 2 atom stereocenters. The first kappa shape index (κ1) is 11.4. The van der Waals surface area contributed by atoms with Crippen molar-refractivity contribution in [1.82, 2.24) is 9.80 Å². The molecule has 1 N–H and O–H groups in total. The van der Waals surface area contributed by atoms with E-state index in [1.165, 1.54) is 0 Å². The molecule has 0 aromatic rings. The highest BCUT2D eigenvalue weighted by Crippen LogP contribution is 2.25. The Labute approximate surface area is 95.0 Å². The first-order chi connectivity index (χ1) is 7.58. The zero-order valence-corrected chi connectivity index (χ0v) is 9.56. The molecule has 16 heavy (non-hydrogen) atoms. The summed E-state index contributed by atoms with van der Waals surface area (Å²) in [5, 5.41) is 8.73. The van der Waals surface area contributed by atoms with Crippen LogP contribution in [0.25, 0.3) is 0 Å². The Morgan fingerprint density at radius 1 is 1.44 bits per heavy atom. The van der Waals surface area contributed by atoms with Crippen molar-refractivity contribution in [1.29, 1.82) is 0 Å². The van der Waals surface area contributed by atoms with Crippen LogP contribution in [0.4, 0.5) is 0 Å². The molecule has 90 valence electrons. The van der Waals surface area contributed by atoms with Crippen LogP contribution in [0, 0.1) is 5.92 Å². The van der Waals surface area contributed by atoms with E-state index in [1.54, 1.807) is 4.90 Å². The maximum absolute atomic E-state index is 11.8. The summed E-state index contributed by atoms with van der Waals surface area (Å²) in [6.45, 7) is 2.45. The van der Waals surface area contributed by atoms with Crippen LogP contribution in [0.1, 0.15) is 19.3 Å². The second kappa shape index (κ2) is 4.41. The molecule has 2 aliphatic rings. The highest BCUT2D eigenvalue weighted by molar-refractivity contribution is 5.83. The normalized spacial score (nSPS) is 31.3. The summed E-state index contributed by atoms with van der Waals surface area (Å²) < 4.78 is 0. The van der Waals surface area contributed by atoms with Crippen LogP contribution < -0.4 is 0 Å². The summed E-state index contributed by atoms with van der Waals surface area (Å²) >= 11 is 0. The van der Waals surface area contributed by atoms with E-state index in [1.807, 2.05) is 7.05 Å². The Hall–Kier alpha value is -1.10. The summed E-state index contributed by atoms with van der Waals surface area (Å²) in [5.74, 6) is -0.325. The SMILES string of the molecule is CN1CCC(N2CCC(CC(=O)O)C2)C1=O. The van der Waals surface area contributed by atoms with Gasteiger partial charge in [-0.3, -0.25) is 14.5 Å². The molecule has 1 amide bonds. The van der Waals surface area contributed by atoms with Gasteiger partial charge in [0.15, 0.2) is 0 Å². The Morgan fingerprint density at radius 3 is 2.75 bits per heavy atom. The van der Waals surface area contributed by atoms with E-state index in [9.17, 15) is 9.59 Å². The summed E-state index contributed by atoms with van der Waals surface area (Å²) in [6.07, 6.45) is 2.02. The fourth-order valence-corrected chi connectivity index (χ4v) is 2.70. The van der Waals surface area contributed by atoms with Gasteiger partial charge in [-0.2, -0.15) is 0 Å². The largest absolute Gasteiger partial charge is 0.481 e. The lowest BCUT2D eigenvalue weighted by molar-refractivity contribution is -0.138. The van der Waals surface area contributed by atoms with E-state index in [0.717, 1.165) is 32.5 Å². The van der Waals surface area contributed by atoms with E-state index in [4.69, 9.17) is 5.11 Å². The molecular weight excluding hydrogens is 208 g/mol. The molecule has 2 rings (SSSR count). The molecule has 0 aromatic carbocycles. The second-order valence-electron chi connectivity index (χ2n) is 4.81. The summed E-state index contributed by atoms with van der Waals surface area (Å²) in [4.78, 5) is 26.3. The topological polar surface area (TPSA) is 60.9 Å². The lowest BCUT2D eigenvalue weighted by Gasteiger charge is -2.22. The number of aliphatic carboxylic acids is 1. The molecule has 2 heterocycles. The number of rotatable bonds is 3. The third-order valence-electron chi connectivity index (χ3n) is 3.62. The highest BCUT2D eigenvalue weighted by Gasteiger charge is 2.37. The van der Waals surface area contributed by atoms with Gasteiger partial charge in [-0.15, -0.1) is 0 Å². The molecule has 5 nitrogen and oxygen atoms in total. The number of likely N-dealkylation sites (tertiary alicyclic amines) is 2. The number of hydrogen-bond acceptors (Lipinski definition) is 3. The minimum Gasteiger partial charge on any atom is -0.481 e. The first-order valence-corrected chi connectivity index (χ1v) is 5.78. The van der Waals surface area contributed by atoms with Gasteiger partial charge in [-0.1, -0.05) is 0 Å². The van der Waals surface area contributed by atoms with Crippen LogP contribution in [-0.4, -0.2) is 59.5 Å². The summed E-state index contributed by atoms with van der Waals surface area (Å²) in [5.41, 5.74) is 0. The van der Waals surface area contributed by atoms with E-state index < -0.39 is 5.97 Å². The number of nitrogens with zero attached hydrogens (tertiary/aromatic N) is 2. The van der Waals surface area contributed by atoms with Crippen molar-refractivity contribution in [3.8, 4) is 0 Å². The maximum atomic E-state index is 11.8. The fourth-order valence-electron chi connectivity index (χ4n) is 2.70. The predicted octanol–water partition coefficient (Wildman–Crippen LogP) is 0.0137. The molecule has 0 aromatic heterocycles. The van der Waals surface area contributed by atoms with Gasteiger partial charge in [-0.25, -0.2) is 0 Å². The number of carbonyl (C=O) groups is 2. The van der Waals surface area contributed by atoms with Gasteiger partial charge in [0.05, 0.1) is 6.04 Å². The summed E-state index contributed by atoms with van der Waals surface area (Å²) in [6, 6.07) is 0.00351. The molecular formula is C11H18N2O3. The monoisotopic (exact) mass is 226 g/mol. The zero-order valence-electron chi connectivity index (χ0n) is 9.56. The molecule has 0 saturated carbocycles. The van der Waals surface area contributed by atoms with Crippen molar-refractivity contribution in [2.24, 2.45) is 5.92 Å². The Balaban J connectivity index is 1.89. The van der Waals surface area contributed by atoms with Crippen LogP contribution in [0.5, 0.6) is 0 Å². The van der Waals surface area contributed by atoms with Gasteiger partial charge in [0.25, 0.3) is 0 Å². The van der Waals surface area contributed by atoms with Gasteiger partial charge in [-0.05, 0) is 25.3 Å². The Bertz CT molecular complexity index is 306. The lowest BCUT2D eigenvalue weighted by atomic mass is 10.1. The number of likely N-dealkylation sites (N-methyl/N-ethyl adjacent to an activating group) is 1.